The number of carbonyl (C=O) groups is 1. The molecule has 0 radical (unpaired) electrons. The lowest BCUT2D eigenvalue weighted by atomic mass is 10.1. The van der Waals surface area contributed by atoms with Crippen LogP contribution in [0, 0.1) is 12.9 Å². The molecule has 1 aromatic heterocycles. The number of hydrogen-bond donors (Lipinski definition) is 2. The first kappa shape index (κ1) is 12.8. The van der Waals surface area contributed by atoms with E-state index >= 15 is 0 Å². The number of aryl methyl sites for hydroxylation is 1. The molecule has 1 fully saturated rings. The molecule has 0 aromatic carbocycles. The van der Waals surface area contributed by atoms with Gasteiger partial charge < -0.3 is 15.3 Å². The number of halogens is 1. The van der Waals surface area contributed by atoms with E-state index in [2.05, 4.69) is 10.3 Å². The molecule has 0 amide bonds. The highest BCUT2D eigenvalue weighted by molar-refractivity contribution is 5.87. The molecule has 2 heterocycles. The molecule has 0 bridgehead atoms. The summed E-state index contributed by atoms with van der Waals surface area (Å²) in [6.07, 6.45) is 0. The number of nitrogens with zero attached hydrogens (tertiary/aromatic N) is 2. The van der Waals surface area contributed by atoms with Gasteiger partial charge in [-0.15, -0.1) is 0 Å². The summed E-state index contributed by atoms with van der Waals surface area (Å²) in [5.41, 5.74) is 0.635. The fourth-order valence-corrected chi connectivity index (χ4v) is 2.17. The predicted molar refractivity (Wildman–Crippen MR) is 65.6 cm³/mol. The number of nitrogens with one attached hydrogen (secondary N) is 1. The van der Waals surface area contributed by atoms with Crippen molar-refractivity contribution in [1.29, 1.82) is 0 Å². The summed E-state index contributed by atoms with van der Waals surface area (Å²) < 4.78 is 13.9. The number of aromatic carboxylic acids is 1. The summed E-state index contributed by atoms with van der Waals surface area (Å²) in [5, 5.41) is 12.1. The van der Waals surface area contributed by atoms with Gasteiger partial charge in [-0.25, -0.2) is 9.78 Å². The normalized spacial score (nSPS) is 19.9. The molecule has 1 atom stereocenters. The molecule has 18 heavy (non-hydrogen) atoms. The number of hydrogen-bond acceptors (Lipinski definition) is 4. The summed E-state index contributed by atoms with van der Waals surface area (Å²) >= 11 is 0. The van der Waals surface area contributed by atoms with Crippen molar-refractivity contribution in [1.82, 2.24) is 10.3 Å². The van der Waals surface area contributed by atoms with Gasteiger partial charge >= 0.3 is 5.97 Å². The van der Waals surface area contributed by atoms with E-state index in [-0.39, 0.29) is 11.7 Å². The molecule has 5 nitrogen and oxygen atoms in total. The first-order valence-corrected chi connectivity index (χ1v) is 5.88. The fraction of sp³-hybridized carbons (Fsp3) is 0.500. The zero-order valence-electron chi connectivity index (χ0n) is 10.4. The lowest BCUT2D eigenvalue weighted by Gasteiger charge is -2.33. The van der Waals surface area contributed by atoms with Gasteiger partial charge in [0.1, 0.15) is 0 Å². The summed E-state index contributed by atoms with van der Waals surface area (Å²) in [7, 11) is 0. The maximum Gasteiger partial charge on any atom is 0.354 e. The van der Waals surface area contributed by atoms with Gasteiger partial charge in [0.15, 0.2) is 5.69 Å². The van der Waals surface area contributed by atoms with Crippen LogP contribution in [-0.4, -0.2) is 41.7 Å². The van der Waals surface area contributed by atoms with E-state index in [9.17, 15) is 9.18 Å². The highest BCUT2D eigenvalue weighted by Gasteiger charge is 2.22. The van der Waals surface area contributed by atoms with E-state index in [1.165, 1.54) is 0 Å². The molecule has 1 aliphatic heterocycles. The number of pyridine rings is 1. The Bertz CT molecular complexity index is 479. The summed E-state index contributed by atoms with van der Waals surface area (Å²) in [5.74, 6) is -1.92. The third-order valence-electron chi connectivity index (χ3n) is 3.06. The van der Waals surface area contributed by atoms with Gasteiger partial charge in [-0.1, -0.05) is 0 Å². The third kappa shape index (κ3) is 2.43. The second kappa shape index (κ2) is 4.89. The van der Waals surface area contributed by atoms with Crippen LogP contribution in [0.1, 0.15) is 23.0 Å². The zero-order valence-corrected chi connectivity index (χ0v) is 10.4. The molecule has 1 saturated heterocycles. The number of aromatic nitrogens is 1. The molecule has 98 valence electrons. The molecule has 6 heteroatoms. The molecule has 0 spiro atoms. The Morgan fingerprint density at radius 2 is 2.39 bits per heavy atom. The van der Waals surface area contributed by atoms with Crippen molar-refractivity contribution in [2.45, 2.75) is 19.9 Å². The minimum absolute atomic E-state index is 0.223. The summed E-state index contributed by atoms with van der Waals surface area (Å²) in [6.45, 7) is 5.81. The van der Waals surface area contributed by atoms with Crippen LogP contribution >= 0.6 is 0 Å². The molecular weight excluding hydrogens is 237 g/mol. The second-order valence-electron chi connectivity index (χ2n) is 4.57. The average Bonchev–Trinajstić information content (AvgIpc) is 2.31. The molecule has 0 saturated carbocycles. The maximum absolute atomic E-state index is 13.9. The molecule has 0 unspecified atom stereocenters. The smallest absolute Gasteiger partial charge is 0.354 e. The van der Waals surface area contributed by atoms with Crippen LogP contribution in [-0.2, 0) is 0 Å². The van der Waals surface area contributed by atoms with E-state index in [1.807, 2.05) is 11.8 Å². The van der Waals surface area contributed by atoms with Crippen molar-refractivity contribution in [2.24, 2.45) is 0 Å². The van der Waals surface area contributed by atoms with Crippen LogP contribution in [0.15, 0.2) is 6.07 Å². The van der Waals surface area contributed by atoms with Gasteiger partial charge in [-0.05, 0) is 25.5 Å². The van der Waals surface area contributed by atoms with Crippen LogP contribution in [0.4, 0.5) is 10.1 Å². The van der Waals surface area contributed by atoms with E-state index in [0.29, 0.717) is 24.3 Å². The Kier molecular flexibility index (Phi) is 3.47. The van der Waals surface area contributed by atoms with Crippen LogP contribution in [0.25, 0.3) is 0 Å². The Morgan fingerprint density at radius 1 is 1.67 bits per heavy atom. The molecule has 1 aromatic rings. The van der Waals surface area contributed by atoms with E-state index in [0.717, 1.165) is 6.54 Å². The summed E-state index contributed by atoms with van der Waals surface area (Å²) in [4.78, 5) is 16.3. The minimum Gasteiger partial charge on any atom is -0.477 e. The third-order valence-corrected chi connectivity index (χ3v) is 3.06. The standard InChI is InChI=1S/C12H16FN3O2/c1-7-5-9(11(13)15-10(7)12(17)18)16-4-3-14-8(2)6-16/h5,8,14H,3-4,6H2,1-2H3,(H,17,18)/t8-/m1/s1. The Morgan fingerprint density at radius 3 is 3.00 bits per heavy atom. The van der Waals surface area contributed by atoms with Gasteiger partial charge in [-0.3, -0.25) is 0 Å². The molecule has 2 N–H and O–H groups in total. The quantitative estimate of drug-likeness (QED) is 0.770. The monoisotopic (exact) mass is 253 g/mol. The first-order chi connectivity index (χ1) is 8.49. The topological polar surface area (TPSA) is 65.5 Å². The van der Waals surface area contributed by atoms with Gasteiger partial charge in [0, 0.05) is 25.7 Å². The van der Waals surface area contributed by atoms with Gasteiger partial charge in [0.05, 0.1) is 5.69 Å². The number of anilines is 1. The number of carboxylic acid groups (broad SMARTS) is 1. The SMILES string of the molecule is Cc1cc(N2CCN[C@H](C)C2)c(F)nc1C(=O)O. The van der Waals surface area contributed by atoms with Crippen molar-refractivity contribution in [2.75, 3.05) is 24.5 Å². The van der Waals surface area contributed by atoms with Gasteiger partial charge in [0.25, 0.3) is 0 Å². The molecule has 0 aliphatic carbocycles. The minimum atomic E-state index is -1.20. The molecule has 1 aliphatic rings. The maximum atomic E-state index is 13.9. The molecule has 2 rings (SSSR count). The average molecular weight is 253 g/mol. The first-order valence-electron chi connectivity index (χ1n) is 5.88. The number of carboxylic acids is 1. The highest BCUT2D eigenvalue weighted by atomic mass is 19.1. The predicted octanol–water partition coefficient (Wildman–Crippen LogP) is 1.03. The van der Waals surface area contributed by atoms with E-state index < -0.39 is 11.9 Å². The van der Waals surface area contributed by atoms with Gasteiger partial charge in [-0.2, -0.15) is 4.39 Å². The van der Waals surface area contributed by atoms with E-state index in [1.54, 1.807) is 13.0 Å². The van der Waals surface area contributed by atoms with Crippen molar-refractivity contribution in [3.63, 3.8) is 0 Å². The second-order valence-corrected chi connectivity index (χ2v) is 4.57. The lowest BCUT2D eigenvalue weighted by molar-refractivity contribution is 0.0688. The van der Waals surface area contributed by atoms with Crippen LogP contribution in [0.2, 0.25) is 0 Å². The Balaban J connectivity index is 2.34. The lowest BCUT2D eigenvalue weighted by Crippen LogP contribution is -2.49. The van der Waals surface area contributed by atoms with Crippen LogP contribution < -0.4 is 10.2 Å². The van der Waals surface area contributed by atoms with Crippen molar-refractivity contribution in [3.05, 3.63) is 23.3 Å². The van der Waals surface area contributed by atoms with Crippen molar-refractivity contribution >= 4 is 11.7 Å². The van der Waals surface area contributed by atoms with Crippen molar-refractivity contribution < 1.29 is 14.3 Å². The highest BCUT2D eigenvalue weighted by Crippen LogP contribution is 2.22. The Labute approximate surface area is 105 Å². The Hall–Kier alpha value is -1.69. The van der Waals surface area contributed by atoms with Crippen LogP contribution in [0.3, 0.4) is 0 Å². The van der Waals surface area contributed by atoms with E-state index in [4.69, 9.17) is 5.11 Å². The number of rotatable bonds is 2. The fourth-order valence-electron chi connectivity index (χ4n) is 2.17. The largest absolute Gasteiger partial charge is 0.477 e. The molecular formula is C12H16FN3O2. The summed E-state index contributed by atoms with van der Waals surface area (Å²) in [6, 6.07) is 1.83. The van der Waals surface area contributed by atoms with Crippen LogP contribution in [0.5, 0.6) is 0 Å². The van der Waals surface area contributed by atoms with Crippen molar-refractivity contribution in [3.8, 4) is 0 Å². The van der Waals surface area contributed by atoms with Gasteiger partial charge in [0.2, 0.25) is 5.95 Å². The zero-order chi connectivity index (χ0) is 13.3. The number of piperazine rings is 1.